The van der Waals surface area contributed by atoms with Crippen molar-refractivity contribution < 1.29 is 111 Å². The molecule has 6 rings (SSSR count). The predicted octanol–water partition coefficient (Wildman–Crippen LogP) is 7.25. The van der Waals surface area contributed by atoms with Gasteiger partial charge in [-0.3, -0.25) is 0 Å². The molecule has 5 nitrogen and oxygen atoms in total. The van der Waals surface area contributed by atoms with Crippen molar-refractivity contribution >= 4 is 50.8 Å². The molecule has 0 radical (unpaired) electrons. The molecule has 5 aromatic carbocycles. The molecule has 0 atom stereocenters. The smallest absolute Gasteiger partial charge is 0.345 e. The zero-order valence-electron chi connectivity index (χ0n) is 32.0. The van der Waals surface area contributed by atoms with Gasteiger partial charge in [0.1, 0.15) is 58.3 Å². The van der Waals surface area contributed by atoms with Crippen molar-refractivity contribution in [3.63, 3.8) is 0 Å². The lowest BCUT2D eigenvalue weighted by molar-refractivity contribution is -0.661. The van der Waals surface area contributed by atoms with Crippen LogP contribution >= 0.6 is 0 Å². The van der Waals surface area contributed by atoms with E-state index < -0.39 is 156 Å². The molecule has 0 aliphatic rings. The van der Waals surface area contributed by atoms with Crippen LogP contribution in [0.4, 0.5) is 87.8 Å². The number of carbonyl (C=O) groups excluding carboxylic acids is 2. The Labute approximate surface area is 353 Å². The molecule has 0 fully saturated rings. The second-order valence-corrected chi connectivity index (χ2v) is 13.1. The molecular formula is C40H16BF20NO4. The van der Waals surface area contributed by atoms with E-state index in [0.717, 1.165) is 10.9 Å². The van der Waals surface area contributed by atoms with Crippen LogP contribution in [-0.4, -0.2) is 32.3 Å². The summed E-state index contributed by atoms with van der Waals surface area (Å²) in [7, 11) is 2.45. The lowest BCUT2D eigenvalue weighted by Crippen LogP contribution is -2.81. The first-order chi connectivity index (χ1) is 30.9. The van der Waals surface area contributed by atoms with Gasteiger partial charge in [-0.1, -0.05) is 12.1 Å². The number of para-hydroxylation sites is 1. The van der Waals surface area contributed by atoms with Gasteiger partial charge < -0.3 is 9.47 Å². The molecule has 0 saturated heterocycles. The molecule has 0 N–H and O–H groups in total. The normalized spacial score (nSPS) is 11.4. The third-order valence-corrected chi connectivity index (χ3v) is 9.80. The minimum atomic E-state index is -7.22. The minimum absolute atomic E-state index is 0.111. The minimum Gasteiger partial charge on any atom is -0.465 e. The fourth-order valence-electron chi connectivity index (χ4n) is 6.91. The molecule has 26 heteroatoms. The Morgan fingerprint density at radius 2 is 0.682 bits per heavy atom. The molecule has 6 aromatic rings. The predicted molar refractivity (Wildman–Crippen MR) is 185 cm³/mol. The number of allylic oxidation sites excluding steroid dienone is 1. The maximum Gasteiger partial charge on any atom is 0.345 e. The summed E-state index contributed by atoms with van der Waals surface area (Å²) in [6.45, 7) is 0.362. The molecule has 1 heterocycles. The van der Waals surface area contributed by atoms with Crippen LogP contribution in [0.3, 0.4) is 0 Å². The van der Waals surface area contributed by atoms with E-state index in [1.54, 1.807) is 0 Å². The SMILES string of the molecule is COC(=O)C(=CC[n+]1cccc2ccccc21)C(=O)OC.Fc1c(F)c(F)c([B-](c2c(F)c(F)c(F)c(F)c2F)(c2c(F)c(F)c(F)c(F)c2F)c2c(F)c(F)c(F)c(F)c2F)c(F)c1F. The molecule has 0 aliphatic heterocycles. The number of carbonyl (C=O) groups is 2. The van der Waals surface area contributed by atoms with Gasteiger partial charge in [0.25, 0.3) is 0 Å². The average Bonchev–Trinajstić information content (AvgIpc) is 3.31. The lowest BCUT2D eigenvalue weighted by Gasteiger charge is -2.44. The first-order valence-corrected chi connectivity index (χ1v) is 17.3. The summed E-state index contributed by atoms with van der Waals surface area (Å²) in [5.74, 6) is -72.8. The van der Waals surface area contributed by atoms with Crippen LogP contribution in [0.25, 0.3) is 10.9 Å². The number of methoxy groups -OCH3 is 2. The highest BCUT2D eigenvalue weighted by Gasteiger charge is 2.52. The number of esters is 2. The Kier molecular flexibility index (Phi) is 14.2. The van der Waals surface area contributed by atoms with E-state index in [1.807, 2.05) is 47.2 Å². The van der Waals surface area contributed by atoms with Crippen molar-refractivity contribution in [3.8, 4) is 0 Å². The number of halogens is 20. The van der Waals surface area contributed by atoms with Crippen LogP contribution in [0.15, 0.2) is 54.2 Å². The third kappa shape index (κ3) is 7.79. The second-order valence-electron chi connectivity index (χ2n) is 13.1. The van der Waals surface area contributed by atoms with Crippen molar-refractivity contribution in [1.29, 1.82) is 0 Å². The molecule has 66 heavy (non-hydrogen) atoms. The van der Waals surface area contributed by atoms with Gasteiger partial charge in [0.15, 0.2) is 82.5 Å². The average molecular weight is 965 g/mol. The first kappa shape index (κ1) is 49.9. The number of fused-ring (bicyclic) bond motifs is 1. The van der Waals surface area contributed by atoms with Gasteiger partial charge in [0.05, 0.1) is 14.2 Å². The Bertz CT molecular complexity index is 2630. The van der Waals surface area contributed by atoms with E-state index in [0.29, 0.717) is 6.54 Å². The summed E-state index contributed by atoms with van der Waals surface area (Å²) >= 11 is 0. The summed E-state index contributed by atoms with van der Waals surface area (Å²) in [6, 6.07) is 11.8. The zero-order valence-corrected chi connectivity index (χ0v) is 32.0. The number of aromatic nitrogens is 1. The standard InChI is InChI=1S/C24BF20.C16H16NO4/c26-5-1(6(27)14(35)21(42)13(5)34)25(2-7(28)15(36)22(43)16(37)8(2)29,3-9(30)17(38)23(44)18(39)10(3)31)4-11(32)19(40)24(45)20(41)12(4)33;1-20-15(18)13(16(19)21-2)9-11-17-10-5-7-12-6-3-4-8-14(12)17/h;3-10H,11H2,1-2H3/q-1;+1. The van der Waals surface area contributed by atoms with Crippen molar-refractivity contribution in [3.05, 3.63) is 171 Å². The fraction of sp³-hybridized carbons (Fsp3) is 0.0750. The number of hydrogen-bond acceptors (Lipinski definition) is 4. The van der Waals surface area contributed by atoms with Gasteiger partial charge in [-0.15, -0.1) is 21.9 Å². The van der Waals surface area contributed by atoms with E-state index >= 15 is 35.1 Å². The Morgan fingerprint density at radius 1 is 0.424 bits per heavy atom. The van der Waals surface area contributed by atoms with Crippen molar-refractivity contribution in [2.45, 2.75) is 6.54 Å². The van der Waals surface area contributed by atoms with Gasteiger partial charge in [-0.2, -0.15) is 4.57 Å². The molecule has 0 unspecified atom stereocenters. The Balaban J connectivity index is 0.000000324. The summed E-state index contributed by atoms with van der Waals surface area (Å²) in [5.41, 5.74) is -13.4. The monoisotopic (exact) mass is 965 g/mol. The number of nitrogens with zero attached hydrogens (tertiary/aromatic N) is 1. The maximum atomic E-state index is 15.4. The summed E-state index contributed by atoms with van der Waals surface area (Å²) in [5, 5.41) is 1.08. The van der Waals surface area contributed by atoms with Crippen LogP contribution in [0, 0.1) is 116 Å². The topological polar surface area (TPSA) is 56.5 Å². The summed E-state index contributed by atoms with van der Waals surface area (Å²) in [6.07, 6.45) is -3.83. The second kappa shape index (κ2) is 18.8. The van der Waals surface area contributed by atoms with Gasteiger partial charge >= 0.3 is 11.9 Å². The molecule has 0 spiro atoms. The van der Waals surface area contributed by atoms with E-state index in [2.05, 4.69) is 9.47 Å². The van der Waals surface area contributed by atoms with E-state index in [4.69, 9.17) is 0 Å². The van der Waals surface area contributed by atoms with Crippen molar-refractivity contribution in [2.24, 2.45) is 0 Å². The van der Waals surface area contributed by atoms with E-state index in [-0.39, 0.29) is 5.57 Å². The highest BCUT2D eigenvalue weighted by atomic mass is 19.2. The summed E-state index contributed by atoms with van der Waals surface area (Å²) < 4.78 is 305. The van der Waals surface area contributed by atoms with Crippen LogP contribution in [0.5, 0.6) is 0 Å². The van der Waals surface area contributed by atoms with E-state index in [1.165, 1.54) is 20.3 Å². The lowest BCUT2D eigenvalue weighted by atomic mass is 9.12. The fourth-order valence-corrected chi connectivity index (χ4v) is 6.91. The third-order valence-electron chi connectivity index (χ3n) is 9.80. The van der Waals surface area contributed by atoms with Crippen LogP contribution in [0.1, 0.15) is 0 Å². The number of ether oxygens (including phenoxy) is 2. The Morgan fingerprint density at radius 3 is 0.970 bits per heavy atom. The highest BCUT2D eigenvalue weighted by Crippen LogP contribution is 2.31. The number of pyridine rings is 1. The van der Waals surface area contributed by atoms with Gasteiger partial charge in [0, 0.05) is 23.6 Å². The highest BCUT2D eigenvalue weighted by molar-refractivity contribution is 7.20. The molecule has 0 saturated carbocycles. The first-order valence-electron chi connectivity index (χ1n) is 17.3. The Hall–Kier alpha value is -7.15. The summed E-state index contributed by atoms with van der Waals surface area (Å²) in [4.78, 5) is 23.2. The van der Waals surface area contributed by atoms with Gasteiger partial charge in [-0.05, 0) is 12.1 Å². The largest absolute Gasteiger partial charge is 0.465 e. The van der Waals surface area contributed by atoms with Crippen molar-refractivity contribution in [1.82, 2.24) is 0 Å². The molecule has 348 valence electrons. The van der Waals surface area contributed by atoms with E-state index in [9.17, 15) is 62.3 Å². The van der Waals surface area contributed by atoms with Gasteiger partial charge in [0.2, 0.25) is 5.52 Å². The number of benzene rings is 5. The van der Waals surface area contributed by atoms with Gasteiger partial charge in [-0.25, -0.2) is 97.4 Å². The number of rotatable bonds is 8. The molecule has 0 bridgehead atoms. The zero-order chi connectivity index (χ0) is 49.6. The molecular weight excluding hydrogens is 949 g/mol. The van der Waals surface area contributed by atoms with Crippen LogP contribution in [-0.2, 0) is 25.6 Å². The van der Waals surface area contributed by atoms with Crippen molar-refractivity contribution in [2.75, 3.05) is 14.2 Å². The van der Waals surface area contributed by atoms with Crippen LogP contribution in [0.2, 0.25) is 0 Å². The molecule has 0 amide bonds. The molecule has 0 aliphatic carbocycles. The number of hydrogen-bond donors (Lipinski definition) is 0. The maximum absolute atomic E-state index is 15.4. The molecule has 1 aromatic heterocycles. The quantitative estimate of drug-likeness (QED) is 0.0186. The van der Waals surface area contributed by atoms with Crippen LogP contribution < -0.4 is 26.4 Å².